The van der Waals surface area contributed by atoms with E-state index >= 15 is 0 Å². The van der Waals surface area contributed by atoms with Crippen molar-refractivity contribution in [2.24, 2.45) is 0 Å². The fourth-order valence-electron chi connectivity index (χ4n) is 2.49. The number of nitrogens with one attached hydrogen (secondary N) is 1. The van der Waals surface area contributed by atoms with Gasteiger partial charge in [0.05, 0.1) is 5.02 Å². The Morgan fingerprint density at radius 2 is 1.91 bits per heavy atom. The number of benzene rings is 2. The third-order valence-corrected chi connectivity index (χ3v) is 5.23. The van der Waals surface area contributed by atoms with Crippen LogP contribution in [0.3, 0.4) is 0 Å². The molecule has 0 atom stereocenters. The number of hydrogen-bond acceptors (Lipinski definition) is 2. The molecule has 3 rings (SSSR count). The summed E-state index contributed by atoms with van der Waals surface area (Å²) in [5.41, 5.74) is 2.11. The van der Waals surface area contributed by atoms with E-state index in [9.17, 15) is 9.59 Å². The lowest BCUT2D eigenvalue weighted by atomic mass is 10.2. The topological polar surface area (TPSA) is 49.4 Å². The predicted molar refractivity (Wildman–Crippen MR) is 100 cm³/mol. The van der Waals surface area contributed by atoms with Crippen LogP contribution in [-0.4, -0.2) is 18.4 Å². The zero-order valence-corrected chi connectivity index (χ0v) is 15.1. The molecule has 1 saturated heterocycles. The molecule has 1 fully saturated rings. The van der Waals surface area contributed by atoms with Gasteiger partial charge in [0, 0.05) is 33.5 Å². The van der Waals surface area contributed by atoms with E-state index in [0.717, 1.165) is 22.2 Å². The van der Waals surface area contributed by atoms with Crippen molar-refractivity contribution in [3.8, 4) is 0 Å². The minimum atomic E-state index is -0.190. The van der Waals surface area contributed by atoms with Crippen LogP contribution in [0, 0.1) is 3.57 Å². The molecule has 1 N–H and O–H groups in total. The molecule has 1 heterocycles. The highest BCUT2D eigenvalue weighted by Gasteiger charge is 2.21. The number of anilines is 2. The molecule has 1 aliphatic heterocycles. The van der Waals surface area contributed by atoms with Crippen molar-refractivity contribution >= 4 is 57.4 Å². The average Bonchev–Trinajstić information content (AvgIpc) is 2.97. The first-order chi connectivity index (χ1) is 11.0. The molecule has 0 aromatic heterocycles. The quantitative estimate of drug-likeness (QED) is 0.723. The van der Waals surface area contributed by atoms with Gasteiger partial charge in [-0.05, 0) is 71.5 Å². The Balaban J connectivity index is 1.71. The zero-order chi connectivity index (χ0) is 16.4. The second-order valence-corrected chi connectivity index (χ2v) is 6.85. The number of nitrogens with zero attached hydrogens (tertiary/aromatic N) is 1. The average molecular weight is 441 g/mol. The summed E-state index contributed by atoms with van der Waals surface area (Å²) in [6.45, 7) is 0.758. The van der Waals surface area contributed by atoms with Gasteiger partial charge in [-0.15, -0.1) is 0 Å². The Morgan fingerprint density at radius 3 is 2.52 bits per heavy atom. The maximum atomic E-state index is 12.2. The molecule has 0 spiro atoms. The SMILES string of the molecule is O=C(Nc1ccc(N2CCCC2=O)cc1)c1ccc(Cl)c(I)c1. The molecule has 0 aliphatic carbocycles. The summed E-state index contributed by atoms with van der Waals surface area (Å²) in [5.74, 6) is -0.0397. The molecule has 0 saturated carbocycles. The van der Waals surface area contributed by atoms with Gasteiger partial charge in [-0.1, -0.05) is 11.6 Å². The number of halogens is 2. The molecular formula is C17H14ClIN2O2. The van der Waals surface area contributed by atoms with Gasteiger partial charge in [0.25, 0.3) is 5.91 Å². The maximum absolute atomic E-state index is 12.2. The molecule has 0 unspecified atom stereocenters. The van der Waals surface area contributed by atoms with E-state index in [0.29, 0.717) is 22.7 Å². The van der Waals surface area contributed by atoms with Crippen LogP contribution in [0.25, 0.3) is 0 Å². The molecule has 1 aliphatic rings. The van der Waals surface area contributed by atoms with E-state index in [2.05, 4.69) is 27.9 Å². The van der Waals surface area contributed by atoms with Gasteiger partial charge >= 0.3 is 0 Å². The van der Waals surface area contributed by atoms with Gasteiger partial charge in [-0.25, -0.2) is 0 Å². The largest absolute Gasteiger partial charge is 0.322 e. The van der Waals surface area contributed by atoms with Gasteiger partial charge in [0.2, 0.25) is 5.91 Å². The van der Waals surface area contributed by atoms with E-state index in [1.165, 1.54) is 0 Å². The highest BCUT2D eigenvalue weighted by Crippen LogP contribution is 2.24. The van der Waals surface area contributed by atoms with Crippen molar-refractivity contribution in [3.05, 3.63) is 56.6 Å². The first kappa shape index (κ1) is 16.3. The first-order valence-corrected chi connectivity index (χ1v) is 8.67. The lowest BCUT2D eigenvalue weighted by Gasteiger charge is -2.16. The standard InChI is InChI=1S/C17H14ClIN2O2/c18-14-8-3-11(10-15(14)19)17(23)20-12-4-6-13(7-5-12)21-9-1-2-16(21)22/h3-8,10H,1-2,9H2,(H,20,23). The van der Waals surface area contributed by atoms with E-state index in [-0.39, 0.29) is 11.8 Å². The molecule has 0 radical (unpaired) electrons. The van der Waals surface area contributed by atoms with E-state index in [1.807, 2.05) is 12.1 Å². The van der Waals surface area contributed by atoms with Crippen molar-refractivity contribution < 1.29 is 9.59 Å². The van der Waals surface area contributed by atoms with Gasteiger partial charge in [0.1, 0.15) is 0 Å². The van der Waals surface area contributed by atoms with Gasteiger partial charge < -0.3 is 10.2 Å². The van der Waals surface area contributed by atoms with Crippen LogP contribution in [0.1, 0.15) is 23.2 Å². The van der Waals surface area contributed by atoms with Gasteiger partial charge in [-0.3, -0.25) is 9.59 Å². The lowest BCUT2D eigenvalue weighted by Crippen LogP contribution is -2.23. The minimum Gasteiger partial charge on any atom is -0.322 e. The first-order valence-electron chi connectivity index (χ1n) is 7.21. The van der Waals surface area contributed by atoms with Gasteiger partial charge in [-0.2, -0.15) is 0 Å². The highest BCUT2D eigenvalue weighted by atomic mass is 127. The minimum absolute atomic E-state index is 0.150. The molecular weight excluding hydrogens is 427 g/mol. The predicted octanol–water partition coefficient (Wildman–Crippen LogP) is 4.32. The van der Waals surface area contributed by atoms with Crippen molar-refractivity contribution in [1.29, 1.82) is 0 Å². The van der Waals surface area contributed by atoms with Crippen molar-refractivity contribution in [3.63, 3.8) is 0 Å². The van der Waals surface area contributed by atoms with Gasteiger partial charge in [0.15, 0.2) is 0 Å². The summed E-state index contributed by atoms with van der Waals surface area (Å²) in [7, 11) is 0. The van der Waals surface area contributed by atoms with Crippen molar-refractivity contribution in [2.45, 2.75) is 12.8 Å². The number of hydrogen-bond donors (Lipinski definition) is 1. The number of rotatable bonds is 3. The Kier molecular flexibility index (Phi) is 4.87. The van der Waals surface area contributed by atoms with Crippen LogP contribution in [0.2, 0.25) is 5.02 Å². The molecule has 118 valence electrons. The number of carbonyl (C=O) groups is 2. The van der Waals surface area contributed by atoms with Crippen LogP contribution < -0.4 is 10.2 Å². The lowest BCUT2D eigenvalue weighted by molar-refractivity contribution is -0.117. The molecule has 6 heteroatoms. The monoisotopic (exact) mass is 440 g/mol. The third kappa shape index (κ3) is 3.67. The van der Waals surface area contributed by atoms with E-state index in [1.54, 1.807) is 35.2 Å². The normalized spacial score (nSPS) is 14.2. The molecule has 23 heavy (non-hydrogen) atoms. The second kappa shape index (κ2) is 6.88. The smallest absolute Gasteiger partial charge is 0.255 e. The molecule has 0 bridgehead atoms. The van der Waals surface area contributed by atoms with Crippen LogP contribution in [0.5, 0.6) is 0 Å². The Hall–Kier alpha value is -1.60. The third-order valence-electron chi connectivity index (χ3n) is 3.69. The molecule has 2 aromatic carbocycles. The van der Waals surface area contributed by atoms with E-state index in [4.69, 9.17) is 11.6 Å². The fourth-order valence-corrected chi connectivity index (χ4v) is 3.12. The Labute approximate surface area is 153 Å². The van der Waals surface area contributed by atoms with Crippen LogP contribution >= 0.6 is 34.2 Å². The molecule has 2 amide bonds. The summed E-state index contributed by atoms with van der Waals surface area (Å²) >= 11 is 8.06. The van der Waals surface area contributed by atoms with Crippen molar-refractivity contribution in [2.75, 3.05) is 16.8 Å². The Bertz CT molecular complexity index is 762. The summed E-state index contributed by atoms with van der Waals surface area (Å²) in [4.78, 5) is 25.7. The highest BCUT2D eigenvalue weighted by molar-refractivity contribution is 14.1. The maximum Gasteiger partial charge on any atom is 0.255 e. The zero-order valence-electron chi connectivity index (χ0n) is 12.2. The summed E-state index contributed by atoms with van der Waals surface area (Å²) < 4.78 is 0.833. The summed E-state index contributed by atoms with van der Waals surface area (Å²) in [6, 6.07) is 12.5. The number of carbonyl (C=O) groups excluding carboxylic acids is 2. The fraction of sp³-hybridized carbons (Fsp3) is 0.176. The number of amides is 2. The molecule has 4 nitrogen and oxygen atoms in total. The summed E-state index contributed by atoms with van der Waals surface area (Å²) in [6.07, 6.45) is 1.50. The van der Waals surface area contributed by atoms with Crippen LogP contribution in [-0.2, 0) is 4.79 Å². The van der Waals surface area contributed by atoms with E-state index < -0.39 is 0 Å². The second-order valence-electron chi connectivity index (χ2n) is 5.28. The van der Waals surface area contributed by atoms with Crippen LogP contribution in [0.15, 0.2) is 42.5 Å². The van der Waals surface area contributed by atoms with Crippen LogP contribution in [0.4, 0.5) is 11.4 Å². The Morgan fingerprint density at radius 1 is 1.17 bits per heavy atom. The summed E-state index contributed by atoms with van der Waals surface area (Å²) in [5, 5.41) is 3.47. The molecule has 2 aromatic rings. The van der Waals surface area contributed by atoms with Crippen molar-refractivity contribution in [1.82, 2.24) is 0 Å².